The highest BCUT2D eigenvalue weighted by Gasteiger charge is 2.35. The number of likely N-dealkylation sites (tertiary alicyclic amines) is 2. The predicted molar refractivity (Wildman–Crippen MR) is 82.4 cm³/mol. The molecule has 0 aliphatic carbocycles. The topological polar surface area (TPSA) is 58.6 Å². The summed E-state index contributed by atoms with van der Waals surface area (Å²) >= 11 is 0. The number of aromatic nitrogens is 2. The highest BCUT2D eigenvalue weighted by Crippen LogP contribution is 2.30. The standard InChI is InChI=1S/C16H24N4O2/c1-19-14-6-7-20(11-13(14)4-3-5-15(19)21)10-12-8-17-16(22-2)18-9-12/h8-9,13-14H,3-7,10-11H2,1-2H3/t13-,14-/m1/s1. The second kappa shape index (κ2) is 6.60. The van der Waals surface area contributed by atoms with Crippen molar-refractivity contribution >= 4 is 5.91 Å². The van der Waals surface area contributed by atoms with E-state index in [2.05, 4.69) is 14.9 Å². The maximum Gasteiger partial charge on any atom is 0.316 e. The average Bonchev–Trinajstić information content (AvgIpc) is 2.68. The summed E-state index contributed by atoms with van der Waals surface area (Å²) in [6.07, 6.45) is 7.60. The lowest BCUT2D eigenvalue weighted by Crippen LogP contribution is -2.50. The van der Waals surface area contributed by atoms with Crippen molar-refractivity contribution in [3.05, 3.63) is 18.0 Å². The summed E-state index contributed by atoms with van der Waals surface area (Å²) in [7, 11) is 3.54. The van der Waals surface area contributed by atoms with E-state index in [1.165, 1.54) is 0 Å². The van der Waals surface area contributed by atoms with Crippen molar-refractivity contribution in [3.8, 4) is 6.01 Å². The van der Waals surface area contributed by atoms with Crippen molar-refractivity contribution in [2.45, 2.75) is 38.3 Å². The maximum atomic E-state index is 12.0. The molecule has 0 N–H and O–H groups in total. The molecule has 0 unspecified atom stereocenters. The summed E-state index contributed by atoms with van der Waals surface area (Å²) in [6.45, 7) is 2.93. The second-order valence-corrected chi connectivity index (χ2v) is 6.33. The van der Waals surface area contributed by atoms with Gasteiger partial charge in [-0.3, -0.25) is 9.69 Å². The Labute approximate surface area is 131 Å². The average molecular weight is 304 g/mol. The van der Waals surface area contributed by atoms with Crippen LogP contribution in [0.2, 0.25) is 0 Å². The van der Waals surface area contributed by atoms with Gasteiger partial charge < -0.3 is 9.64 Å². The predicted octanol–water partition coefficient (Wildman–Crippen LogP) is 1.32. The fourth-order valence-electron chi connectivity index (χ4n) is 3.70. The van der Waals surface area contributed by atoms with E-state index >= 15 is 0 Å². The summed E-state index contributed by atoms with van der Waals surface area (Å²) in [5.41, 5.74) is 1.11. The minimum absolute atomic E-state index is 0.310. The van der Waals surface area contributed by atoms with Gasteiger partial charge in [0.05, 0.1) is 7.11 Å². The van der Waals surface area contributed by atoms with Crippen LogP contribution in [0.15, 0.2) is 12.4 Å². The summed E-state index contributed by atoms with van der Waals surface area (Å²) in [5.74, 6) is 0.897. The molecule has 1 aromatic heterocycles. The lowest BCUT2D eigenvalue weighted by molar-refractivity contribution is -0.132. The Bertz CT molecular complexity index is 519. The zero-order valence-corrected chi connectivity index (χ0v) is 13.4. The molecule has 1 amide bonds. The van der Waals surface area contributed by atoms with Crippen LogP contribution in [0.3, 0.4) is 0 Å². The number of hydrogen-bond acceptors (Lipinski definition) is 5. The van der Waals surface area contributed by atoms with E-state index in [-0.39, 0.29) is 0 Å². The first-order chi connectivity index (χ1) is 10.7. The number of rotatable bonds is 3. The quantitative estimate of drug-likeness (QED) is 0.843. The van der Waals surface area contributed by atoms with Gasteiger partial charge in [0, 0.05) is 57.1 Å². The normalized spacial score (nSPS) is 26.5. The highest BCUT2D eigenvalue weighted by atomic mass is 16.5. The molecule has 3 rings (SSSR count). The van der Waals surface area contributed by atoms with Crippen molar-refractivity contribution in [3.63, 3.8) is 0 Å². The number of amides is 1. The number of ether oxygens (including phenoxy) is 1. The third-order valence-electron chi connectivity index (χ3n) is 4.90. The van der Waals surface area contributed by atoms with Crippen LogP contribution in [-0.2, 0) is 11.3 Å². The van der Waals surface area contributed by atoms with Crippen LogP contribution in [0.5, 0.6) is 6.01 Å². The molecule has 0 bridgehead atoms. The Morgan fingerprint density at radius 2 is 2.09 bits per heavy atom. The molecule has 6 nitrogen and oxygen atoms in total. The van der Waals surface area contributed by atoms with Gasteiger partial charge in [-0.1, -0.05) is 0 Å². The second-order valence-electron chi connectivity index (χ2n) is 6.33. The molecular weight excluding hydrogens is 280 g/mol. The molecule has 2 saturated heterocycles. The molecule has 22 heavy (non-hydrogen) atoms. The van der Waals surface area contributed by atoms with E-state index in [0.29, 0.717) is 30.3 Å². The largest absolute Gasteiger partial charge is 0.467 e. The van der Waals surface area contributed by atoms with Crippen LogP contribution in [0.1, 0.15) is 31.2 Å². The minimum atomic E-state index is 0.310. The van der Waals surface area contributed by atoms with E-state index in [0.717, 1.165) is 44.5 Å². The van der Waals surface area contributed by atoms with Crippen molar-refractivity contribution in [2.75, 3.05) is 27.2 Å². The van der Waals surface area contributed by atoms with E-state index in [4.69, 9.17) is 4.74 Å². The van der Waals surface area contributed by atoms with Gasteiger partial charge in [0.1, 0.15) is 0 Å². The first kappa shape index (κ1) is 15.2. The van der Waals surface area contributed by atoms with Gasteiger partial charge in [-0.15, -0.1) is 0 Å². The van der Waals surface area contributed by atoms with Gasteiger partial charge in [-0.05, 0) is 25.2 Å². The van der Waals surface area contributed by atoms with Gasteiger partial charge in [0.15, 0.2) is 0 Å². The van der Waals surface area contributed by atoms with E-state index in [1.807, 2.05) is 24.3 Å². The third kappa shape index (κ3) is 3.21. The number of nitrogens with zero attached hydrogens (tertiary/aromatic N) is 4. The first-order valence-corrected chi connectivity index (χ1v) is 8.00. The molecule has 0 radical (unpaired) electrons. The van der Waals surface area contributed by atoms with E-state index in [9.17, 15) is 4.79 Å². The Kier molecular flexibility index (Phi) is 4.57. The minimum Gasteiger partial charge on any atom is -0.467 e. The maximum absolute atomic E-state index is 12.0. The number of carbonyl (C=O) groups is 1. The Balaban J connectivity index is 1.62. The van der Waals surface area contributed by atoms with Gasteiger partial charge in [-0.2, -0.15) is 0 Å². The number of hydrogen-bond donors (Lipinski definition) is 0. The highest BCUT2D eigenvalue weighted by molar-refractivity contribution is 5.76. The van der Waals surface area contributed by atoms with Crippen LogP contribution in [-0.4, -0.2) is 59.0 Å². The van der Waals surface area contributed by atoms with Gasteiger partial charge in [0.2, 0.25) is 5.91 Å². The Morgan fingerprint density at radius 3 is 2.82 bits per heavy atom. The fourth-order valence-corrected chi connectivity index (χ4v) is 3.70. The van der Waals surface area contributed by atoms with Gasteiger partial charge >= 0.3 is 6.01 Å². The molecule has 0 aromatic carbocycles. The van der Waals surface area contributed by atoms with Crippen molar-refractivity contribution in [1.29, 1.82) is 0 Å². The molecule has 0 saturated carbocycles. The lowest BCUT2D eigenvalue weighted by atomic mass is 9.88. The smallest absolute Gasteiger partial charge is 0.316 e. The van der Waals surface area contributed by atoms with Crippen LogP contribution >= 0.6 is 0 Å². The number of methoxy groups -OCH3 is 1. The molecule has 6 heteroatoms. The summed E-state index contributed by atoms with van der Waals surface area (Å²) in [6, 6.07) is 0.824. The van der Waals surface area contributed by atoms with Crippen molar-refractivity contribution < 1.29 is 9.53 Å². The lowest BCUT2D eigenvalue weighted by Gasteiger charge is -2.41. The van der Waals surface area contributed by atoms with Crippen LogP contribution in [0.25, 0.3) is 0 Å². The molecule has 2 atom stereocenters. The van der Waals surface area contributed by atoms with E-state index < -0.39 is 0 Å². The molecular formula is C16H24N4O2. The van der Waals surface area contributed by atoms with Gasteiger partial charge in [-0.25, -0.2) is 9.97 Å². The van der Waals surface area contributed by atoms with Crippen LogP contribution in [0, 0.1) is 5.92 Å². The van der Waals surface area contributed by atoms with Crippen LogP contribution < -0.4 is 4.74 Å². The van der Waals surface area contributed by atoms with E-state index in [1.54, 1.807) is 7.11 Å². The Hall–Kier alpha value is -1.69. The summed E-state index contributed by atoms with van der Waals surface area (Å²) in [4.78, 5) is 24.8. The number of piperidine rings is 1. The van der Waals surface area contributed by atoms with Crippen molar-refractivity contribution in [1.82, 2.24) is 19.8 Å². The molecule has 1 aromatic rings. The monoisotopic (exact) mass is 304 g/mol. The molecule has 2 fully saturated rings. The molecule has 0 spiro atoms. The van der Waals surface area contributed by atoms with Crippen LogP contribution in [0.4, 0.5) is 0 Å². The zero-order chi connectivity index (χ0) is 15.5. The molecule has 2 aliphatic heterocycles. The number of fused-ring (bicyclic) bond motifs is 1. The SMILES string of the molecule is COc1ncc(CN2CC[C@@H]3[C@H](CCCC(=O)N3C)C2)cn1. The van der Waals surface area contributed by atoms with Crippen molar-refractivity contribution in [2.24, 2.45) is 5.92 Å². The summed E-state index contributed by atoms with van der Waals surface area (Å²) in [5, 5.41) is 0. The third-order valence-corrected chi connectivity index (χ3v) is 4.90. The molecule has 3 heterocycles. The first-order valence-electron chi connectivity index (χ1n) is 8.00. The Morgan fingerprint density at radius 1 is 1.32 bits per heavy atom. The summed E-state index contributed by atoms with van der Waals surface area (Å²) < 4.78 is 4.99. The molecule has 2 aliphatic rings. The molecule has 120 valence electrons. The van der Waals surface area contributed by atoms with Gasteiger partial charge in [0.25, 0.3) is 0 Å². The fraction of sp³-hybridized carbons (Fsp3) is 0.688. The zero-order valence-electron chi connectivity index (χ0n) is 13.4. The number of carbonyl (C=O) groups excluding carboxylic acids is 1.